The first kappa shape index (κ1) is 13.5. The van der Waals surface area contributed by atoms with Crippen LogP contribution < -0.4 is 0 Å². The zero-order valence-corrected chi connectivity index (χ0v) is 10.5. The number of hydrogen-bond donors (Lipinski definition) is 0. The number of rotatable bonds is 0. The maximum atomic E-state index is 2.25. The summed E-state index contributed by atoms with van der Waals surface area (Å²) >= 11 is 0. The second kappa shape index (κ2) is 10.9. The Balaban J connectivity index is 2.45. The zero-order valence-electron chi connectivity index (χ0n) is 10.5. The Morgan fingerprint density at radius 3 is 1.12 bits per heavy atom. The van der Waals surface area contributed by atoms with Gasteiger partial charge in [-0.1, -0.05) is 79.3 Å². The SMILES string of the molecule is C1=C\C=C/C=C\CCCCC\C=C/C=C\C=C/1. The van der Waals surface area contributed by atoms with Crippen LogP contribution in [-0.4, -0.2) is 0 Å². The van der Waals surface area contributed by atoms with Gasteiger partial charge in [0.25, 0.3) is 0 Å². The third-order valence-electron chi connectivity index (χ3n) is 2.51. The fourth-order valence-electron chi connectivity index (χ4n) is 1.56. The van der Waals surface area contributed by atoms with E-state index in [1.165, 1.54) is 32.1 Å². The molecule has 0 aliphatic heterocycles. The molecule has 0 nitrogen and oxygen atoms in total. The van der Waals surface area contributed by atoms with Gasteiger partial charge in [-0.2, -0.15) is 0 Å². The Hall–Kier alpha value is -1.56. The van der Waals surface area contributed by atoms with Crippen LogP contribution in [0, 0.1) is 0 Å². The van der Waals surface area contributed by atoms with Crippen molar-refractivity contribution in [3.05, 3.63) is 72.9 Å². The van der Waals surface area contributed by atoms with Gasteiger partial charge in [0.1, 0.15) is 0 Å². The van der Waals surface area contributed by atoms with Gasteiger partial charge in [-0.3, -0.25) is 0 Å². The smallest absolute Gasteiger partial charge is 0.0348 e. The molecule has 0 fully saturated rings. The molecule has 0 saturated carbocycles. The molecule has 17 heavy (non-hydrogen) atoms. The first-order valence-corrected chi connectivity index (χ1v) is 6.48. The molecule has 0 heteroatoms. The van der Waals surface area contributed by atoms with Crippen molar-refractivity contribution in [2.24, 2.45) is 0 Å². The van der Waals surface area contributed by atoms with E-state index in [-0.39, 0.29) is 0 Å². The molecule has 1 aliphatic carbocycles. The van der Waals surface area contributed by atoms with Crippen LogP contribution in [0.3, 0.4) is 0 Å². The highest BCUT2D eigenvalue weighted by atomic mass is 13.9. The van der Waals surface area contributed by atoms with Crippen LogP contribution in [0.5, 0.6) is 0 Å². The van der Waals surface area contributed by atoms with Crippen LogP contribution in [0.4, 0.5) is 0 Å². The fraction of sp³-hybridized carbons (Fsp3) is 0.294. The Morgan fingerprint density at radius 2 is 0.706 bits per heavy atom. The van der Waals surface area contributed by atoms with E-state index in [0.717, 1.165) is 0 Å². The van der Waals surface area contributed by atoms with Crippen molar-refractivity contribution >= 4 is 0 Å². The summed E-state index contributed by atoms with van der Waals surface area (Å²) in [7, 11) is 0. The van der Waals surface area contributed by atoms with Crippen LogP contribution >= 0.6 is 0 Å². The third kappa shape index (κ3) is 9.37. The van der Waals surface area contributed by atoms with Crippen LogP contribution in [0.15, 0.2) is 72.9 Å². The van der Waals surface area contributed by atoms with E-state index >= 15 is 0 Å². The Kier molecular flexibility index (Phi) is 8.69. The molecule has 1 aliphatic rings. The highest BCUT2D eigenvalue weighted by Gasteiger charge is 1.84. The van der Waals surface area contributed by atoms with E-state index in [1.54, 1.807) is 0 Å². The van der Waals surface area contributed by atoms with Crippen LogP contribution in [0.1, 0.15) is 32.1 Å². The van der Waals surface area contributed by atoms with Gasteiger partial charge in [0.2, 0.25) is 0 Å². The van der Waals surface area contributed by atoms with Gasteiger partial charge in [-0.05, 0) is 25.7 Å². The Bertz CT molecular complexity index is 301. The first-order chi connectivity index (χ1) is 8.50. The fourth-order valence-corrected chi connectivity index (χ4v) is 1.56. The van der Waals surface area contributed by atoms with E-state index in [0.29, 0.717) is 0 Å². The average Bonchev–Trinajstić information content (AvgIpc) is 2.35. The van der Waals surface area contributed by atoms with Gasteiger partial charge in [-0.15, -0.1) is 0 Å². The summed E-state index contributed by atoms with van der Waals surface area (Å²) < 4.78 is 0. The standard InChI is InChI=1S/C17H22/c1-2-4-6-8-10-12-14-16-17-15-13-11-9-7-5-3-1/h1-12H,13-17H2/b3-1-,4-2-,7-5-,8-6-,11-9-,12-10-. The van der Waals surface area contributed by atoms with E-state index in [2.05, 4.69) is 48.6 Å². The first-order valence-electron chi connectivity index (χ1n) is 6.48. The molecule has 0 N–H and O–H groups in total. The van der Waals surface area contributed by atoms with Gasteiger partial charge >= 0.3 is 0 Å². The average molecular weight is 226 g/mol. The van der Waals surface area contributed by atoms with Crippen molar-refractivity contribution in [3.8, 4) is 0 Å². The summed E-state index contributed by atoms with van der Waals surface area (Å²) in [6.45, 7) is 0. The molecule has 0 saturated heterocycles. The maximum Gasteiger partial charge on any atom is -0.0348 e. The van der Waals surface area contributed by atoms with Crippen LogP contribution in [0.2, 0.25) is 0 Å². The summed E-state index contributed by atoms with van der Waals surface area (Å²) in [6, 6.07) is 0. The quantitative estimate of drug-likeness (QED) is 0.526. The second-order valence-electron chi connectivity index (χ2n) is 4.03. The van der Waals surface area contributed by atoms with Gasteiger partial charge in [0, 0.05) is 0 Å². The number of allylic oxidation sites excluding steroid dienone is 12. The van der Waals surface area contributed by atoms with Crippen LogP contribution in [-0.2, 0) is 0 Å². The largest absolute Gasteiger partial charge is 0.0845 e. The molecule has 0 aromatic heterocycles. The molecule has 0 aromatic rings. The van der Waals surface area contributed by atoms with Gasteiger partial charge in [0.05, 0.1) is 0 Å². The lowest BCUT2D eigenvalue weighted by Gasteiger charge is -1.94. The number of hydrogen-bond acceptors (Lipinski definition) is 0. The summed E-state index contributed by atoms with van der Waals surface area (Å²) in [4.78, 5) is 0. The summed E-state index contributed by atoms with van der Waals surface area (Å²) in [5.74, 6) is 0. The van der Waals surface area contributed by atoms with Gasteiger partial charge in [0.15, 0.2) is 0 Å². The molecule has 0 heterocycles. The van der Waals surface area contributed by atoms with E-state index in [9.17, 15) is 0 Å². The van der Waals surface area contributed by atoms with Crippen molar-refractivity contribution < 1.29 is 0 Å². The topological polar surface area (TPSA) is 0 Å². The molecule has 0 aromatic carbocycles. The van der Waals surface area contributed by atoms with E-state index in [1.807, 2.05) is 24.3 Å². The molecule has 0 atom stereocenters. The second-order valence-corrected chi connectivity index (χ2v) is 4.03. The molecule has 90 valence electrons. The Labute approximate surface area is 105 Å². The van der Waals surface area contributed by atoms with Crippen molar-refractivity contribution in [2.75, 3.05) is 0 Å². The molecule has 1 rings (SSSR count). The normalized spacial score (nSPS) is 29.6. The summed E-state index contributed by atoms with van der Waals surface area (Å²) in [6.07, 6.45) is 31.5. The predicted molar refractivity (Wildman–Crippen MR) is 77.9 cm³/mol. The highest BCUT2D eigenvalue weighted by Crippen LogP contribution is 2.04. The van der Waals surface area contributed by atoms with Crippen molar-refractivity contribution in [1.82, 2.24) is 0 Å². The highest BCUT2D eigenvalue weighted by molar-refractivity contribution is 5.19. The molecule has 0 radical (unpaired) electrons. The summed E-state index contributed by atoms with van der Waals surface area (Å²) in [5.41, 5.74) is 0. The minimum absolute atomic E-state index is 1.19. The summed E-state index contributed by atoms with van der Waals surface area (Å²) in [5, 5.41) is 0. The zero-order chi connectivity index (χ0) is 12.0. The van der Waals surface area contributed by atoms with Gasteiger partial charge < -0.3 is 0 Å². The molecule has 0 amide bonds. The molecular weight excluding hydrogens is 204 g/mol. The molecule has 0 bridgehead atoms. The lowest BCUT2D eigenvalue weighted by molar-refractivity contribution is 0.696. The van der Waals surface area contributed by atoms with Crippen molar-refractivity contribution in [3.63, 3.8) is 0 Å². The minimum Gasteiger partial charge on any atom is -0.0845 e. The third-order valence-corrected chi connectivity index (χ3v) is 2.51. The van der Waals surface area contributed by atoms with E-state index in [4.69, 9.17) is 0 Å². The molecule has 0 unspecified atom stereocenters. The minimum atomic E-state index is 1.19. The monoisotopic (exact) mass is 226 g/mol. The molecular formula is C17H22. The van der Waals surface area contributed by atoms with Crippen molar-refractivity contribution in [1.29, 1.82) is 0 Å². The lowest BCUT2D eigenvalue weighted by atomic mass is 10.1. The van der Waals surface area contributed by atoms with Gasteiger partial charge in [-0.25, -0.2) is 0 Å². The van der Waals surface area contributed by atoms with Crippen molar-refractivity contribution in [2.45, 2.75) is 32.1 Å². The van der Waals surface area contributed by atoms with Crippen LogP contribution in [0.25, 0.3) is 0 Å². The predicted octanol–water partition coefficient (Wildman–Crippen LogP) is 5.29. The lowest BCUT2D eigenvalue weighted by Crippen LogP contribution is -1.74. The maximum absolute atomic E-state index is 2.25. The Morgan fingerprint density at radius 1 is 0.353 bits per heavy atom. The van der Waals surface area contributed by atoms with E-state index < -0.39 is 0 Å². The molecule has 0 spiro atoms.